The first kappa shape index (κ1) is 13.0. The number of nitrogens with two attached hydrogens (primary N) is 1. The van der Waals surface area contributed by atoms with Gasteiger partial charge < -0.3 is 9.84 Å². The molecule has 90 valence electrons. The summed E-state index contributed by atoms with van der Waals surface area (Å²) in [5, 5.41) is 10.1. The maximum Gasteiger partial charge on any atom is 0.122 e. The molecule has 0 aliphatic heterocycles. The number of nitrogens with one attached hydrogen (secondary N) is 1. The van der Waals surface area contributed by atoms with Gasteiger partial charge in [0.25, 0.3) is 0 Å². The van der Waals surface area contributed by atoms with Crippen LogP contribution in [0.3, 0.4) is 0 Å². The number of benzene rings is 1. The highest BCUT2D eigenvalue weighted by Gasteiger charge is 2.22. The van der Waals surface area contributed by atoms with Crippen LogP contribution in [0.4, 0.5) is 0 Å². The summed E-state index contributed by atoms with van der Waals surface area (Å²) in [6, 6.07) is 5.65. The van der Waals surface area contributed by atoms with Crippen molar-refractivity contribution in [1.29, 1.82) is 0 Å². The maximum absolute atomic E-state index is 10.1. The molecular weight excluding hydrogens is 204 g/mol. The Hall–Kier alpha value is -1.10. The molecule has 0 radical (unpaired) electrons. The van der Waals surface area contributed by atoms with E-state index in [1.54, 1.807) is 6.92 Å². The number of aryl methyl sites for hydroxylation is 1. The third-order valence-electron chi connectivity index (χ3n) is 2.54. The topological polar surface area (TPSA) is 67.5 Å². The van der Waals surface area contributed by atoms with E-state index in [0.717, 1.165) is 16.9 Å². The molecule has 0 heterocycles. The Bertz CT molecular complexity index is 351. The summed E-state index contributed by atoms with van der Waals surface area (Å²) in [6.07, 6.45) is 0. The minimum absolute atomic E-state index is 0.306. The summed E-state index contributed by atoms with van der Waals surface area (Å²) in [5.74, 6) is 6.08. The number of ether oxygens (including phenoxy) is 1. The van der Waals surface area contributed by atoms with Gasteiger partial charge in [-0.25, -0.2) is 0 Å². The molecule has 0 amide bonds. The molecule has 0 saturated carbocycles. The molecule has 0 aliphatic rings. The predicted molar refractivity (Wildman–Crippen MR) is 64.1 cm³/mol. The van der Waals surface area contributed by atoms with Crippen LogP contribution in [-0.4, -0.2) is 18.3 Å². The summed E-state index contributed by atoms with van der Waals surface area (Å²) in [7, 11) is 0. The molecule has 1 rings (SSSR count). The lowest BCUT2D eigenvalue weighted by Gasteiger charge is -2.24. The van der Waals surface area contributed by atoms with Gasteiger partial charge in [0.1, 0.15) is 11.4 Å². The van der Waals surface area contributed by atoms with E-state index in [4.69, 9.17) is 10.6 Å². The molecule has 1 unspecified atom stereocenters. The Morgan fingerprint density at radius 1 is 1.50 bits per heavy atom. The van der Waals surface area contributed by atoms with E-state index in [9.17, 15) is 5.11 Å². The van der Waals surface area contributed by atoms with Gasteiger partial charge in [-0.3, -0.25) is 11.3 Å². The maximum atomic E-state index is 10.1. The zero-order valence-electron chi connectivity index (χ0n) is 10.1. The van der Waals surface area contributed by atoms with Crippen molar-refractivity contribution in [3.63, 3.8) is 0 Å². The number of hydrazine groups is 1. The van der Waals surface area contributed by atoms with Crippen molar-refractivity contribution in [3.05, 3.63) is 29.3 Å². The standard InChI is InChI=1S/C12H20N2O2/c1-4-16-11-6-5-10(7-9(11)2)12(3,15)8-14-13/h5-7,14-15H,4,8,13H2,1-3H3. The van der Waals surface area contributed by atoms with Gasteiger partial charge in [0.05, 0.1) is 6.61 Å². The molecule has 0 fully saturated rings. The van der Waals surface area contributed by atoms with Crippen LogP contribution in [0.2, 0.25) is 0 Å². The molecule has 4 nitrogen and oxygen atoms in total. The summed E-state index contributed by atoms with van der Waals surface area (Å²) in [4.78, 5) is 0. The van der Waals surface area contributed by atoms with Crippen molar-refractivity contribution in [2.75, 3.05) is 13.2 Å². The van der Waals surface area contributed by atoms with Gasteiger partial charge in [0.2, 0.25) is 0 Å². The number of aliphatic hydroxyl groups is 1. The van der Waals surface area contributed by atoms with Gasteiger partial charge in [-0.2, -0.15) is 0 Å². The molecule has 1 atom stereocenters. The Kier molecular flexibility index (Phi) is 4.29. The second kappa shape index (κ2) is 5.30. The van der Waals surface area contributed by atoms with Crippen LogP contribution < -0.4 is 16.0 Å². The number of hydrogen-bond acceptors (Lipinski definition) is 4. The highest BCUT2D eigenvalue weighted by molar-refractivity contribution is 5.38. The molecule has 0 aromatic heterocycles. The number of rotatable bonds is 5. The quantitative estimate of drug-likeness (QED) is 0.517. The van der Waals surface area contributed by atoms with Crippen LogP contribution in [0.1, 0.15) is 25.0 Å². The normalized spacial score (nSPS) is 14.6. The predicted octanol–water partition coefficient (Wildman–Crippen LogP) is 1.06. The lowest BCUT2D eigenvalue weighted by atomic mass is 9.94. The average molecular weight is 224 g/mol. The lowest BCUT2D eigenvalue weighted by molar-refractivity contribution is 0.0571. The average Bonchev–Trinajstić information content (AvgIpc) is 2.21. The fourth-order valence-electron chi connectivity index (χ4n) is 1.60. The molecule has 1 aromatic rings. The first-order valence-electron chi connectivity index (χ1n) is 5.41. The zero-order valence-corrected chi connectivity index (χ0v) is 10.1. The monoisotopic (exact) mass is 224 g/mol. The highest BCUT2D eigenvalue weighted by Crippen LogP contribution is 2.26. The third-order valence-corrected chi connectivity index (χ3v) is 2.54. The molecule has 0 spiro atoms. The largest absolute Gasteiger partial charge is 0.494 e. The Morgan fingerprint density at radius 3 is 2.69 bits per heavy atom. The van der Waals surface area contributed by atoms with E-state index in [1.807, 2.05) is 32.0 Å². The van der Waals surface area contributed by atoms with E-state index in [-0.39, 0.29) is 0 Å². The Labute approximate surface area is 96.4 Å². The summed E-state index contributed by atoms with van der Waals surface area (Å²) in [5.41, 5.74) is 3.35. The second-order valence-electron chi connectivity index (χ2n) is 4.07. The van der Waals surface area contributed by atoms with Gasteiger partial charge in [-0.1, -0.05) is 6.07 Å². The third kappa shape index (κ3) is 2.95. The van der Waals surface area contributed by atoms with Crippen LogP contribution in [-0.2, 0) is 5.60 Å². The van der Waals surface area contributed by atoms with Crippen molar-refractivity contribution < 1.29 is 9.84 Å². The van der Waals surface area contributed by atoms with Crippen LogP contribution in [0.15, 0.2) is 18.2 Å². The smallest absolute Gasteiger partial charge is 0.122 e. The van der Waals surface area contributed by atoms with E-state index in [2.05, 4.69) is 5.43 Å². The van der Waals surface area contributed by atoms with Crippen LogP contribution in [0.25, 0.3) is 0 Å². The fourth-order valence-corrected chi connectivity index (χ4v) is 1.60. The molecule has 16 heavy (non-hydrogen) atoms. The van der Waals surface area contributed by atoms with Gasteiger partial charge >= 0.3 is 0 Å². The van der Waals surface area contributed by atoms with Crippen LogP contribution >= 0.6 is 0 Å². The van der Waals surface area contributed by atoms with E-state index < -0.39 is 5.60 Å². The van der Waals surface area contributed by atoms with E-state index in [1.165, 1.54) is 0 Å². The van der Waals surface area contributed by atoms with E-state index in [0.29, 0.717) is 13.2 Å². The summed E-state index contributed by atoms with van der Waals surface area (Å²) >= 11 is 0. The van der Waals surface area contributed by atoms with Gasteiger partial charge in [-0.05, 0) is 44.0 Å². The first-order valence-corrected chi connectivity index (χ1v) is 5.41. The molecule has 0 aliphatic carbocycles. The highest BCUT2D eigenvalue weighted by atomic mass is 16.5. The molecule has 4 heteroatoms. The van der Waals surface area contributed by atoms with Gasteiger partial charge in [0.15, 0.2) is 0 Å². The lowest BCUT2D eigenvalue weighted by Crippen LogP contribution is -2.38. The first-order chi connectivity index (χ1) is 7.51. The van der Waals surface area contributed by atoms with Crippen molar-refractivity contribution in [3.8, 4) is 5.75 Å². The zero-order chi connectivity index (χ0) is 12.2. The molecule has 0 bridgehead atoms. The molecule has 0 saturated heterocycles. The van der Waals surface area contributed by atoms with Gasteiger partial charge in [-0.15, -0.1) is 0 Å². The Morgan fingerprint density at radius 2 is 2.19 bits per heavy atom. The Balaban J connectivity index is 2.96. The van der Waals surface area contributed by atoms with E-state index >= 15 is 0 Å². The SMILES string of the molecule is CCOc1ccc(C(C)(O)CNN)cc1C. The molecule has 1 aromatic carbocycles. The minimum atomic E-state index is -0.968. The minimum Gasteiger partial charge on any atom is -0.494 e. The summed E-state index contributed by atoms with van der Waals surface area (Å²) in [6.45, 7) is 6.58. The fraction of sp³-hybridized carbons (Fsp3) is 0.500. The molecular formula is C12H20N2O2. The van der Waals surface area contributed by atoms with Crippen molar-refractivity contribution in [2.45, 2.75) is 26.4 Å². The molecule has 4 N–H and O–H groups in total. The van der Waals surface area contributed by atoms with Crippen LogP contribution in [0.5, 0.6) is 5.75 Å². The van der Waals surface area contributed by atoms with Gasteiger partial charge in [0, 0.05) is 6.54 Å². The second-order valence-corrected chi connectivity index (χ2v) is 4.07. The van der Waals surface area contributed by atoms with Crippen molar-refractivity contribution >= 4 is 0 Å². The van der Waals surface area contributed by atoms with Crippen molar-refractivity contribution in [1.82, 2.24) is 5.43 Å². The van der Waals surface area contributed by atoms with Crippen molar-refractivity contribution in [2.24, 2.45) is 5.84 Å². The van der Waals surface area contributed by atoms with Crippen LogP contribution in [0, 0.1) is 6.92 Å². The summed E-state index contributed by atoms with van der Waals surface area (Å²) < 4.78 is 5.44. The number of hydrogen-bond donors (Lipinski definition) is 3.